The largest absolute Gasteiger partial charge is 0.503 e. The molecule has 0 aliphatic heterocycles. The van der Waals surface area contributed by atoms with Gasteiger partial charge in [-0.15, -0.1) is 0 Å². The van der Waals surface area contributed by atoms with Crippen molar-refractivity contribution in [3.8, 4) is 0 Å². The summed E-state index contributed by atoms with van der Waals surface area (Å²) in [4.78, 5) is 17.6. The van der Waals surface area contributed by atoms with Gasteiger partial charge in [0.05, 0.1) is 0 Å². The predicted molar refractivity (Wildman–Crippen MR) is 24.0 cm³/mol. The quantitative estimate of drug-likeness (QED) is 0.537. The summed E-state index contributed by atoms with van der Waals surface area (Å²) in [6.07, 6.45) is -1.83. The van der Waals surface area contributed by atoms with E-state index in [9.17, 15) is 0 Å². The average molecular weight is 249 g/mol. The molecular weight excluding hydrogens is 243 g/mol. The zero-order chi connectivity index (χ0) is 7.15. The molecule has 0 heterocycles. The van der Waals surface area contributed by atoms with Crippen molar-refractivity contribution >= 4 is 12.1 Å². The Hall–Kier alpha value is -0.221. The van der Waals surface area contributed by atoms with Crippen LogP contribution >= 0.6 is 0 Å². The molecule has 0 bridgehead atoms. The van der Waals surface area contributed by atoms with Crippen LogP contribution in [0, 0.1) is 0 Å². The van der Waals surface area contributed by atoms with Gasteiger partial charge in [-0.25, -0.2) is 4.79 Å². The van der Waals surface area contributed by atoms with Crippen molar-refractivity contribution < 1.29 is 59.0 Å². The maximum atomic E-state index is 9.00. The Morgan fingerprint density at radius 1 is 1.00 bits per heavy atom. The smallest absolute Gasteiger partial charge is 0.481 e. The number of rotatable bonds is 0. The minimum absolute atomic E-state index is 0. The van der Waals surface area contributed by atoms with Gasteiger partial charge in [0, 0.05) is 41.1 Å². The molecule has 0 rings (SSSR count). The molecule has 0 aliphatic rings. The Balaban J connectivity index is -0.0000000300. The molecule has 70 valence electrons. The van der Waals surface area contributed by atoms with Crippen LogP contribution < -0.4 is 0 Å². The van der Waals surface area contributed by atoms with Gasteiger partial charge in [0.1, 0.15) is 0 Å². The molecule has 0 aromatic heterocycles. The first kappa shape index (κ1) is 22.6. The molecule has 3 N–H and O–H groups in total. The molecule has 0 aromatic carbocycles. The maximum absolute atomic E-state index is 9.00. The maximum Gasteiger partial charge on any atom is 0.503 e. The number of hydrogen-bond donors (Lipinski definition) is 3. The Morgan fingerprint density at radius 2 is 1.00 bits per heavy atom. The summed E-state index contributed by atoms with van der Waals surface area (Å²) in [5.74, 6) is -0.833. The van der Waals surface area contributed by atoms with Gasteiger partial charge in [-0.05, 0) is 0 Å². The summed E-state index contributed by atoms with van der Waals surface area (Å²) in [5, 5.41) is 21.4. The summed E-state index contributed by atoms with van der Waals surface area (Å²) >= 11 is 0. The first-order valence-corrected chi connectivity index (χ1v) is 1.58. The van der Waals surface area contributed by atoms with Crippen LogP contribution in [0.15, 0.2) is 0 Å². The van der Waals surface area contributed by atoms with E-state index >= 15 is 0 Å². The third kappa shape index (κ3) is 7320. The molecular formula is C3H6Cu2O5. The van der Waals surface area contributed by atoms with Crippen molar-refractivity contribution in [1.29, 1.82) is 0 Å². The van der Waals surface area contributed by atoms with Crippen molar-refractivity contribution in [3.05, 3.63) is 0 Å². The second kappa shape index (κ2) is 15.9. The van der Waals surface area contributed by atoms with E-state index in [0.717, 1.165) is 6.92 Å². The van der Waals surface area contributed by atoms with Crippen LogP contribution in [0.4, 0.5) is 4.79 Å². The minimum Gasteiger partial charge on any atom is -0.481 e. The second-order valence-electron chi connectivity index (χ2n) is 0.802. The first-order valence-electron chi connectivity index (χ1n) is 1.58. The number of carbonyl (C=O) groups is 2. The van der Waals surface area contributed by atoms with Crippen LogP contribution in [0.1, 0.15) is 6.92 Å². The zero-order valence-corrected chi connectivity index (χ0v) is 6.64. The van der Waals surface area contributed by atoms with Gasteiger partial charge in [0.25, 0.3) is 5.97 Å². The third-order valence-corrected chi connectivity index (χ3v) is 0. The molecule has 0 unspecified atom stereocenters. The molecule has 0 aromatic rings. The van der Waals surface area contributed by atoms with E-state index in [2.05, 4.69) is 0 Å². The second-order valence-corrected chi connectivity index (χ2v) is 0.802. The Morgan fingerprint density at radius 3 is 1.00 bits per heavy atom. The number of aliphatic carboxylic acids is 1. The van der Waals surface area contributed by atoms with E-state index in [-0.39, 0.29) is 34.1 Å². The molecule has 0 aliphatic carbocycles. The molecule has 7 heteroatoms. The molecule has 0 spiro atoms. The molecule has 10 heavy (non-hydrogen) atoms. The van der Waals surface area contributed by atoms with Gasteiger partial charge in [-0.1, -0.05) is 0 Å². The van der Waals surface area contributed by atoms with E-state index in [0.29, 0.717) is 0 Å². The number of hydrogen-bond acceptors (Lipinski definition) is 2. The normalized spacial score (nSPS) is 4.90. The topological polar surface area (TPSA) is 94.8 Å². The van der Waals surface area contributed by atoms with Crippen LogP contribution in [-0.4, -0.2) is 27.4 Å². The monoisotopic (exact) mass is 248 g/mol. The van der Waals surface area contributed by atoms with Gasteiger partial charge in [0.15, 0.2) is 0 Å². The van der Waals surface area contributed by atoms with Crippen LogP contribution in [0.25, 0.3) is 0 Å². The average Bonchev–Trinajstić information content (AvgIpc) is 1.25. The number of carboxylic acid groups (broad SMARTS) is 3. The zero-order valence-electron chi connectivity index (χ0n) is 4.76. The third-order valence-electron chi connectivity index (χ3n) is 0. The van der Waals surface area contributed by atoms with Crippen molar-refractivity contribution in [2.45, 2.75) is 6.92 Å². The summed E-state index contributed by atoms with van der Waals surface area (Å²) < 4.78 is 0. The standard InChI is InChI=1S/C2H4O2.CH2O3.2Cu/c1-2(3)4;2-1(3)4;;/h1H3,(H,3,4);(H2,2,3,4);;. The summed E-state index contributed by atoms with van der Waals surface area (Å²) in [7, 11) is 0. The van der Waals surface area contributed by atoms with Gasteiger partial charge in [-0.2, -0.15) is 0 Å². The van der Waals surface area contributed by atoms with Crippen molar-refractivity contribution in [1.82, 2.24) is 0 Å². The molecule has 0 saturated carbocycles. The minimum atomic E-state index is -1.83. The molecule has 5 nitrogen and oxygen atoms in total. The van der Waals surface area contributed by atoms with E-state index in [4.69, 9.17) is 24.9 Å². The van der Waals surface area contributed by atoms with Gasteiger partial charge in [0.2, 0.25) is 0 Å². The fourth-order valence-corrected chi connectivity index (χ4v) is 0. The van der Waals surface area contributed by atoms with Crippen molar-refractivity contribution in [3.63, 3.8) is 0 Å². The summed E-state index contributed by atoms with van der Waals surface area (Å²) in [6, 6.07) is 0. The SMILES string of the molecule is CC(=O)O.O=C(O)O.[Cu].[Cu]. The molecule has 0 fully saturated rings. The molecule has 2 radical (unpaired) electrons. The Kier molecular flexibility index (Phi) is 35.9. The van der Waals surface area contributed by atoms with Crippen LogP contribution in [0.2, 0.25) is 0 Å². The molecule has 0 atom stereocenters. The van der Waals surface area contributed by atoms with Crippen molar-refractivity contribution in [2.75, 3.05) is 0 Å². The van der Waals surface area contributed by atoms with E-state index in [1.807, 2.05) is 0 Å². The molecule has 0 saturated heterocycles. The first-order chi connectivity index (χ1) is 3.46. The van der Waals surface area contributed by atoms with Gasteiger partial charge < -0.3 is 15.3 Å². The van der Waals surface area contributed by atoms with Crippen LogP contribution in [-0.2, 0) is 38.9 Å². The van der Waals surface area contributed by atoms with Crippen LogP contribution in [0.3, 0.4) is 0 Å². The van der Waals surface area contributed by atoms with Gasteiger partial charge in [-0.3, -0.25) is 4.79 Å². The molecule has 0 amide bonds. The Bertz CT molecular complexity index is 72.9. The van der Waals surface area contributed by atoms with Gasteiger partial charge >= 0.3 is 6.16 Å². The van der Waals surface area contributed by atoms with E-state index < -0.39 is 12.1 Å². The fraction of sp³-hybridized carbons (Fsp3) is 0.333. The van der Waals surface area contributed by atoms with Crippen molar-refractivity contribution in [2.24, 2.45) is 0 Å². The Labute approximate surface area is 78.4 Å². The van der Waals surface area contributed by atoms with Crippen LogP contribution in [0.5, 0.6) is 0 Å². The summed E-state index contributed by atoms with van der Waals surface area (Å²) in [5.41, 5.74) is 0. The fourth-order valence-electron chi connectivity index (χ4n) is 0. The summed E-state index contributed by atoms with van der Waals surface area (Å²) in [6.45, 7) is 1.08. The van der Waals surface area contributed by atoms with E-state index in [1.54, 1.807) is 0 Å². The van der Waals surface area contributed by atoms with E-state index in [1.165, 1.54) is 0 Å². The predicted octanol–water partition coefficient (Wildman–Crippen LogP) is 0.308. The number of carboxylic acids is 1.